The van der Waals surface area contributed by atoms with Crippen LogP contribution in [0.4, 0.5) is 15.8 Å². The predicted octanol–water partition coefficient (Wildman–Crippen LogP) is 2.88. The molecule has 1 aromatic heterocycles. The zero-order valence-electron chi connectivity index (χ0n) is 19.7. The number of aromatic nitrogens is 2. The standard InChI is InChI=1S/C25H30FN5O4/c1-31-20(7-10-27-31)22(32)30-21(15-5-3-2-4-6-15)23(33)28-19-14-18-16(13-17(19)26)25(24(34)29-18)8-11-35-12-9-25/h7,10,13-15,21H,2-6,8-9,11-12H2,1H3,(H,28,33)(H,29,34)(H,30,32)/t21-/m0/s1. The van der Waals surface area contributed by atoms with E-state index in [2.05, 4.69) is 21.0 Å². The summed E-state index contributed by atoms with van der Waals surface area (Å²) in [4.78, 5) is 39.1. The second kappa shape index (κ2) is 9.41. The number of ether oxygens (including phenoxy) is 1. The van der Waals surface area contributed by atoms with E-state index in [-0.39, 0.29) is 17.5 Å². The zero-order valence-corrected chi connectivity index (χ0v) is 19.7. The van der Waals surface area contributed by atoms with Crippen molar-refractivity contribution in [1.82, 2.24) is 15.1 Å². The van der Waals surface area contributed by atoms with Gasteiger partial charge in [-0.2, -0.15) is 5.10 Å². The van der Waals surface area contributed by atoms with E-state index >= 15 is 4.39 Å². The highest BCUT2D eigenvalue weighted by atomic mass is 19.1. The molecular formula is C25H30FN5O4. The SMILES string of the molecule is Cn1nccc1C(=O)N[C@H](C(=O)Nc1cc2c(cc1F)C1(CCOCC1)C(=O)N2)C1CCCCC1. The molecule has 0 unspecified atom stereocenters. The van der Waals surface area contributed by atoms with E-state index in [9.17, 15) is 14.4 Å². The Balaban J connectivity index is 1.39. The van der Waals surface area contributed by atoms with E-state index in [4.69, 9.17) is 4.74 Å². The smallest absolute Gasteiger partial charge is 0.270 e. The molecule has 35 heavy (non-hydrogen) atoms. The largest absolute Gasteiger partial charge is 0.381 e. The number of hydrogen-bond donors (Lipinski definition) is 3. The normalized spacial score (nSPS) is 20.2. The Morgan fingerprint density at radius 1 is 1.23 bits per heavy atom. The van der Waals surface area contributed by atoms with Crippen LogP contribution in [0.1, 0.15) is 61.0 Å². The minimum Gasteiger partial charge on any atom is -0.381 e. The van der Waals surface area contributed by atoms with Crippen molar-refractivity contribution in [1.29, 1.82) is 0 Å². The van der Waals surface area contributed by atoms with Gasteiger partial charge in [0, 0.05) is 32.1 Å². The third kappa shape index (κ3) is 4.31. The molecule has 3 aliphatic rings. The van der Waals surface area contributed by atoms with Crippen molar-refractivity contribution >= 4 is 29.1 Å². The van der Waals surface area contributed by atoms with Crippen molar-refractivity contribution in [2.45, 2.75) is 56.4 Å². The molecular weight excluding hydrogens is 453 g/mol. The van der Waals surface area contributed by atoms with Crippen molar-refractivity contribution in [3.8, 4) is 0 Å². The maximum atomic E-state index is 15.2. The lowest BCUT2D eigenvalue weighted by atomic mass is 9.75. The summed E-state index contributed by atoms with van der Waals surface area (Å²) in [6, 6.07) is 3.59. The molecule has 1 aromatic carbocycles. The van der Waals surface area contributed by atoms with E-state index in [1.807, 2.05) is 0 Å². The van der Waals surface area contributed by atoms with E-state index in [0.29, 0.717) is 43.0 Å². The highest BCUT2D eigenvalue weighted by Gasteiger charge is 2.48. The lowest BCUT2D eigenvalue weighted by molar-refractivity contribution is -0.124. The first-order valence-corrected chi connectivity index (χ1v) is 12.2. The Kier molecular flexibility index (Phi) is 6.31. The van der Waals surface area contributed by atoms with Crippen molar-refractivity contribution < 1.29 is 23.5 Å². The number of rotatable bonds is 5. The third-order valence-corrected chi connectivity index (χ3v) is 7.65. The number of carbonyl (C=O) groups excluding carboxylic acids is 3. The first kappa shape index (κ1) is 23.5. The van der Waals surface area contributed by atoms with Crippen LogP contribution in [0.15, 0.2) is 24.4 Å². The summed E-state index contributed by atoms with van der Waals surface area (Å²) in [5.41, 5.74) is 0.635. The summed E-state index contributed by atoms with van der Waals surface area (Å²) >= 11 is 0. The van der Waals surface area contributed by atoms with E-state index in [1.54, 1.807) is 13.1 Å². The van der Waals surface area contributed by atoms with Gasteiger partial charge in [0.2, 0.25) is 11.8 Å². The third-order valence-electron chi connectivity index (χ3n) is 7.65. The molecule has 2 aliphatic heterocycles. The van der Waals surface area contributed by atoms with Gasteiger partial charge in [0.25, 0.3) is 5.91 Å². The number of hydrogen-bond acceptors (Lipinski definition) is 5. The molecule has 10 heteroatoms. The van der Waals surface area contributed by atoms with Crippen LogP contribution in [-0.2, 0) is 26.8 Å². The monoisotopic (exact) mass is 483 g/mol. The molecule has 186 valence electrons. The summed E-state index contributed by atoms with van der Waals surface area (Å²) in [7, 11) is 1.66. The molecule has 1 aliphatic carbocycles. The Morgan fingerprint density at radius 2 is 1.97 bits per heavy atom. The van der Waals surface area contributed by atoms with Gasteiger partial charge in [-0.1, -0.05) is 19.3 Å². The van der Waals surface area contributed by atoms with Crippen molar-refractivity contribution in [3.05, 3.63) is 41.5 Å². The van der Waals surface area contributed by atoms with E-state index in [1.165, 1.54) is 23.0 Å². The van der Waals surface area contributed by atoms with Crippen LogP contribution in [0.2, 0.25) is 0 Å². The van der Waals surface area contributed by atoms with Crippen molar-refractivity contribution in [3.63, 3.8) is 0 Å². The van der Waals surface area contributed by atoms with Gasteiger partial charge >= 0.3 is 0 Å². The lowest BCUT2D eigenvalue weighted by Crippen LogP contribution is -2.49. The number of benzene rings is 1. The molecule has 1 saturated heterocycles. The highest BCUT2D eigenvalue weighted by Crippen LogP contribution is 2.46. The second-order valence-corrected chi connectivity index (χ2v) is 9.70. The summed E-state index contributed by atoms with van der Waals surface area (Å²) in [6.45, 7) is 0.874. The molecule has 3 N–H and O–H groups in total. The molecule has 9 nitrogen and oxygen atoms in total. The average molecular weight is 484 g/mol. The maximum absolute atomic E-state index is 15.2. The minimum atomic E-state index is -0.818. The van der Waals surface area contributed by atoms with Gasteiger partial charge in [-0.3, -0.25) is 19.1 Å². The molecule has 3 amide bonds. The number of aryl methyl sites for hydroxylation is 1. The molecule has 0 bridgehead atoms. The van der Waals surface area contributed by atoms with Gasteiger partial charge < -0.3 is 20.7 Å². The molecule has 1 saturated carbocycles. The van der Waals surface area contributed by atoms with Gasteiger partial charge in [-0.05, 0) is 55.4 Å². The number of carbonyl (C=O) groups is 3. The van der Waals surface area contributed by atoms with Crippen LogP contribution in [0.25, 0.3) is 0 Å². The number of halogens is 1. The van der Waals surface area contributed by atoms with Gasteiger partial charge in [-0.15, -0.1) is 0 Å². The van der Waals surface area contributed by atoms with Crippen molar-refractivity contribution in [2.24, 2.45) is 13.0 Å². The van der Waals surface area contributed by atoms with E-state index < -0.39 is 29.1 Å². The number of nitrogens with one attached hydrogen (secondary N) is 3. The molecule has 5 rings (SSSR count). The molecule has 1 spiro atoms. The van der Waals surface area contributed by atoms with Gasteiger partial charge in [0.05, 0.1) is 11.1 Å². The quantitative estimate of drug-likeness (QED) is 0.605. The fourth-order valence-electron chi connectivity index (χ4n) is 5.64. The predicted molar refractivity (Wildman–Crippen MR) is 126 cm³/mol. The Morgan fingerprint density at radius 3 is 2.66 bits per heavy atom. The topological polar surface area (TPSA) is 114 Å². The fourth-order valence-corrected chi connectivity index (χ4v) is 5.64. The second-order valence-electron chi connectivity index (χ2n) is 9.70. The van der Waals surface area contributed by atoms with Crippen LogP contribution in [-0.4, -0.2) is 46.8 Å². The highest BCUT2D eigenvalue weighted by molar-refractivity contribution is 6.07. The summed E-state index contributed by atoms with van der Waals surface area (Å²) in [5.74, 6) is -1.71. The molecule has 0 radical (unpaired) electrons. The Bertz CT molecular complexity index is 1150. The molecule has 3 heterocycles. The number of amides is 3. The van der Waals surface area contributed by atoms with Crippen LogP contribution < -0.4 is 16.0 Å². The Labute approximate surface area is 202 Å². The first-order chi connectivity index (χ1) is 16.9. The molecule has 1 atom stereocenters. The number of nitrogens with zero attached hydrogens (tertiary/aromatic N) is 2. The van der Waals surface area contributed by atoms with Gasteiger partial charge in [0.15, 0.2) is 0 Å². The molecule has 2 fully saturated rings. The first-order valence-electron chi connectivity index (χ1n) is 12.2. The van der Waals surface area contributed by atoms with Crippen LogP contribution >= 0.6 is 0 Å². The van der Waals surface area contributed by atoms with Crippen LogP contribution in [0, 0.1) is 11.7 Å². The minimum absolute atomic E-state index is 0.0197. The Hall–Kier alpha value is -3.27. The van der Waals surface area contributed by atoms with Gasteiger partial charge in [0.1, 0.15) is 17.6 Å². The number of fused-ring (bicyclic) bond motifs is 2. The van der Waals surface area contributed by atoms with Crippen molar-refractivity contribution in [2.75, 3.05) is 23.8 Å². The fraction of sp³-hybridized carbons (Fsp3) is 0.520. The van der Waals surface area contributed by atoms with Gasteiger partial charge in [-0.25, -0.2) is 4.39 Å². The van der Waals surface area contributed by atoms with Crippen LogP contribution in [0.3, 0.4) is 0 Å². The lowest BCUT2D eigenvalue weighted by Gasteiger charge is -2.31. The summed E-state index contributed by atoms with van der Waals surface area (Å²) < 4.78 is 22.1. The maximum Gasteiger partial charge on any atom is 0.270 e. The number of anilines is 2. The van der Waals surface area contributed by atoms with E-state index in [0.717, 1.165) is 32.1 Å². The zero-order chi connectivity index (χ0) is 24.6. The summed E-state index contributed by atoms with van der Waals surface area (Å²) in [6.07, 6.45) is 7.13. The molecule has 2 aromatic rings. The average Bonchev–Trinajstić information content (AvgIpc) is 3.40. The van der Waals surface area contributed by atoms with Crippen LogP contribution in [0.5, 0.6) is 0 Å². The summed E-state index contributed by atoms with van der Waals surface area (Å²) in [5, 5.41) is 12.4.